The van der Waals surface area contributed by atoms with Gasteiger partial charge in [0.25, 0.3) is 5.91 Å². The van der Waals surface area contributed by atoms with Crippen molar-refractivity contribution in [3.8, 4) is 0 Å². The summed E-state index contributed by atoms with van der Waals surface area (Å²) >= 11 is 12.4. The Labute approximate surface area is 261 Å². The zero-order valence-electron chi connectivity index (χ0n) is 24.5. The molecular formula is C30H33Cl2F6N3O3. The van der Waals surface area contributed by atoms with Gasteiger partial charge >= 0.3 is 18.4 Å². The van der Waals surface area contributed by atoms with Crippen molar-refractivity contribution in [3.05, 3.63) is 68.7 Å². The average Bonchev–Trinajstić information content (AvgIpc) is 3.37. The van der Waals surface area contributed by atoms with Crippen LogP contribution < -0.4 is 0 Å². The van der Waals surface area contributed by atoms with Crippen molar-refractivity contribution in [1.82, 2.24) is 14.7 Å². The predicted molar refractivity (Wildman–Crippen MR) is 154 cm³/mol. The van der Waals surface area contributed by atoms with Crippen LogP contribution in [0.4, 0.5) is 31.1 Å². The predicted octanol–water partition coefficient (Wildman–Crippen LogP) is 7.97. The van der Waals surface area contributed by atoms with Gasteiger partial charge in [-0.25, -0.2) is 4.79 Å². The fourth-order valence-electron chi connectivity index (χ4n) is 5.75. The van der Waals surface area contributed by atoms with E-state index in [1.54, 1.807) is 43.9 Å². The molecule has 0 saturated carbocycles. The molecule has 2 aromatic rings. The Morgan fingerprint density at radius 2 is 1.43 bits per heavy atom. The Morgan fingerprint density at radius 1 is 0.864 bits per heavy atom. The molecule has 2 amide bonds. The van der Waals surface area contributed by atoms with Crippen LogP contribution in [0.3, 0.4) is 0 Å². The smallest absolute Gasteiger partial charge is 0.416 e. The van der Waals surface area contributed by atoms with Crippen molar-refractivity contribution in [2.24, 2.45) is 0 Å². The quantitative estimate of drug-likeness (QED) is 0.311. The van der Waals surface area contributed by atoms with Crippen molar-refractivity contribution in [1.29, 1.82) is 0 Å². The zero-order chi connectivity index (χ0) is 32.8. The number of nitrogens with zero attached hydrogens (tertiary/aromatic N) is 3. The highest BCUT2D eigenvalue weighted by Gasteiger charge is 2.43. The Bertz CT molecular complexity index is 1360. The molecule has 0 radical (unpaired) electrons. The summed E-state index contributed by atoms with van der Waals surface area (Å²) in [6.45, 7) is 6.97. The number of ether oxygens (including phenoxy) is 1. The molecule has 2 fully saturated rings. The Morgan fingerprint density at radius 3 is 1.93 bits per heavy atom. The molecule has 2 aliphatic rings. The summed E-state index contributed by atoms with van der Waals surface area (Å²) in [6, 6.07) is 5.28. The van der Waals surface area contributed by atoms with Gasteiger partial charge in [0.2, 0.25) is 0 Å². The fraction of sp³-hybridized carbons (Fsp3) is 0.533. The normalized spacial score (nSPS) is 20.6. The standard InChI is InChI=1S/C30H33Cl2F6N3O3/c1-28(2,3)44-27(43)40-9-7-21(8-10-40)41-15-22(17-5-6-23(31)24(32)13-17)25(16-41)39(4)26(42)18-11-19(29(33,34)35)14-20(12-18)30(36,37)38/h5-6,11-14,21-22,25H,7-10,15-16H2,1-4H3/t22-,25+/m0/s1. The number of hydrogen-bond donors (Lipinski definition) is 0. The topological polar surface area (TPSA) is 53.1 Å². The third kappa shape index (κ3) is 7.92. The molecule has 44 heavy (non-hydrogen) atoms. The second kappa shape index (κ2) is 12.6. The van der Waals surface area contributed by atoms with E-state index in [1.807, 2.05) is 0 Å². The van der Waals surface area contributed by atoms with Crippen LogP contribution in [0.1, 0.15) is 66.6 Å². The van der Waals surface area contributed by atoms with E-state index in [-0.39, 0.29) is 23.0 Å². The number of alkyl halides is 6. The van der Waals surface area contributed by atoms with Gasteiger partial charge in [-0.05, 0) is 69.5 Å². The van der Waals surface area contributed by atoms with Gasteiger partial charge < -0.3 is 14.5 Å². The van der Waals surface area contributed by atoms with Crippen molar-refractivity contribution >= 4 is 35.2 Å². The second-order valence-electron chi connectivity index (χ2n) is 12.2. The maximum Gasteiger partial charge on any atom is 0.416 e. The summed E-state index contributed by atoms with van der Waals surface area (Å²) in [6.07, 6.45) is -9.36. The van der Waals surface area contributed by atoms with E-state index in [0.717, 1.165) is 5.56 Å². The summed E-state index contributed by atoms with van der Waals surface area (Å²) in [5.74, 6) is -1.35. The lowest BCUT2D eigenvalue weighted by Gasteiger charge is -2.37. The van der Waals surface area contributed by atoms with Crippen LogP contribution in [0.5, 0.6) is 0 Å². The van der Waals surface area contributed by atoms with Crippen LogP contribution in [-0.4, -0.2) is 77.6 Å². The molecule has 0 unspecified atom stereocenters. The summed E-state index contributed by atoms with van der Waals surface area (Å²) in [7, 11) is 1.37. The minimum Gasteiger partial charge on any atom is -0.444 e. The molecule has 0 bridgehead atoms. The molecule has 2 aromatic carbocycles. The van der Waals surface area contributed by atoms with Crippen molar-refractivity contribution < 1.29 is 40.7 Å². The molecule has 2 saturated heterocycles. The monoisotopic (exact) mass is 667 g/mol. The number of hydrogen-bond acceptors (Lipinski definition) is 4. The highest BCUT2D eigenvalue weighted by Crippen LogP contribution is 2.39. The largest absolute Gasteiger partial charge is 0.444 e. The molecule has 242 valence electrons. The highest BCUT2D eigenvalue weighted by molar-refractivity contribution is 6.42. The molecule has 14 heteroatoms. The molecule has 0 aliphatic carbocycles. The maximum atomic E-state index is 13.6. The van der Waals surface area contributed by atoms with E-state index in [2.05, 4.69) is 4.90 Å². The number of amides is 2. The van der Waals surface area contributed by atoms with Gasteiger partial charge in [-0.3, -0.25) is 9.69 Å². The average molecular weight is 669 g/mol. The number of carbonyl (C=O) groups is 2. The number of likely N-dealkylation sites (N-methyl/N-ethyl adjacent to an activating group) is 1. The first-order valence-electron chi connectivity index (χ1n) is 14.0. The summed E-state index contributed by atoms with van der Waals surface area (Å²) in [5, 5.41) is 0.582. The minimum absolute atomic E-state index is 0.00373. The number of rotatable bonds is 4. The van der Waals surface area contributed by atoms with Gasteiger partial charge in [-0.2, -0.15) is 26.3 Å². The van der Waals surface area contributed by atoms with Crippen molar-refractivity contribution in [2.75, 3.05) is 33.2 Å². The first-order chi connectivity index (χ1) is 20.2. The minimum atomic E-state index is -5.09. The van der Waals surface area contributed by atoms with E-state index in [0.29, 0.717) is 56.2 Å². The van der Waals surface area contributed by atoms with Crippen LogP contribution >= 0.6 is 23.2 Å². The van der Waals surface area contributed by atoms with Gasteiger partial charge in [-0.15, -0.1) is 0 Å². The lowest BCUT2D eigenvalue weighted by atomic mass is 9.93. The lowest BCUT2D eigenvalue weighted by Crippen LogP contribution is -2.48. The molecular weight excluding hydrogens is 635 g/mol. The molecule has 4 rings (SSSR count). The van der Waals surface area contributed by atoms with E-state index >= 15 is 0 Å². The fourth-order valence-corrected chi connectivity index (χ4v) is 6.06. The molecule has 0 N–H and O–H groups in total. The zero-order valence-corrected chi connectivity index (χ0v) is 26.0. The first kappa shape index (κ1) is 34.2. The molecule has 2 atom stereocenters. The second-order valence-corrected chi connectivity index (χ2v) is 13.0. The number of halogens is 8. The van der Waals surface area contributed by atoms with E-state index in [4.69, 9.17) is 27.9 Å². The summed E-state index contributed by atoms with van der Waals surface area (Å²) in [5.41, 5.74) is -3.75. The van der Waals surface area contributed by atoms with Crippen LogP contribution in [0.25, 0.3) is 0 Å². The molecule has 0 spiro atoms. The maximum absolute atomic E-state index is 13.6. The van der Waals surface area contributed by atoms with Crippen LogP contribution in [0, 0.1) is 0 Å². The molecule has 2 heterocycles. The van der Waals surface area contributed by atoms with Gasteiger partial charge in [0, 0.05) is 50.7 Å². The molecule has 0 aromatic heterocycles. The van der Waals surface area contributed by atoms with Crippen LogP contribution in [0.2, 0.25) is 10.0 Å². The highest BCUT2D eigenvalue weighted by atomic mass is 35.5. The van der Waals surface area contributed by atoms with Crippen LogP contribution in [0.15, 0.2) is 36.4 Å². The summed E-state index contributed by atoms with van der Waals surface area (Å²) < 4.78 is 86.6. The van der Waals surface area contributed by atoms with E-state index < -0.39 is 52.7 Å². The molecule has 2 aliphatic heterocycles. The summed E-state index contributed by atoms with van der Waals surface area (Å²) in [4.78, 5) is 31.1. The van der Waals surface area contributed by atoms with Gasteiger partial charge in [0.15, 0.2) is 0 Å². The van der Waals surface area contributed by atoms with Crippen molar-refractivity contribution in [2.45, 2.75) is 69.6 Å². The number of likely N-dealkylation sites (tertiary alicyclic amines) is 2. The Hall–Kier alpha value is -2.70. The van der Waals surface area contributed by atoms with Gasteiger partial charge in [-0.1, -0.05) is 29.3 Å². The Balaban J connectivity index is 1.61. The number of piperidine rings is 1. The Kier molecular flexibility index (Phi) is 9.78. The number of benzene rings is 2. The van der Waals surface area contributed by atoms with Gasteiger partial charge in [0.05, 0.1) is 27.2 Å². The number of carbonyl (C=O) groups excluding carboxylic acids is 2. The SMILES string of the molecule is CN(C(=O)c1cc(C(F)(F)F)cc(C(F)(F)F)c1)[C@@H]1CN(C2CCN(C(=O)OC(C)(C)C)CC2)C[C@H]1c1ccc(Cl)c(Cl)c1. The van der Waals surface area contributed by atoms with E-state index in [9.17, 15) is 35.9 Å². The third-order valence-corrected chi connectivity index (χ3v) is 8.71. The first-order valence-corrected chi connectivity index (χ1v) is 14.7. The molecule has 6 nitrogen and oxygen atoms in total. The van der Waals surface area contributed by atoms with Crippen LogP contribution in [-0.2, 0) is 17.1 Å². The van der Waals surface area contributed by atoms with E-state index in [1.165, 1.54) is 11.9 Å². The lowest BCUT2D eigenvalue weighted by molar-refractivity contribution is -0.143. The van der Waals surface area contributed by atoms with Crippen molar-refractivity contribution in [3.63, 3.8) is 0 Å². The third-order valence-electron chi connectivity index (χ3n) is 7.97. The van der Waals surface area contributed by atoms with Gasteiger partial charge in [0.1, 0.15) is 5.60 Å².